The number of likely N-dealkylation sites (N-methyl/N-ethyl adjacent to an activating group) is 1. The van der Waals surface area contributed by atoms with Gasteiger partial charge >= 0.3 is 0 Å². The third kappa shape index (κ3) is 2.77. The van der Waals surface area contributed by atoms with Gasteiger partial charge in [-0.25, -0.2) is 0 Å². The molecule has 1 aliphatic heterocycles. The van der Waals surface area contributed by atoms with Crippen LogP contribution in [0.3, 0.4) is 0 Å². The van der Waals surface area contributed by atoms with Crippen molar-refractivity contribution in [3.63, 3.8) is 0 Å². The summed E-state index contributed by atoms with van der Waals surface area (Å²) in [5.41, 5.74) is 2.90. The topological polar surface area (TPSA) is 32.3 Å². The molecule has 0 saturated heterocycles. The predicted octanol–water partition coefficient (Wildman–Crippen LogP) is 3.65. The molecule has 1 amide bonds. The molecule has 108 valence electrons. The molecule has 2 aromatic rings. The van der Waals surface area contributed by atoms with E-state index < -0.39 is 0 Å². The number of fused-ring (bicyclic) bond motifs is 1. The van der Waals surface area contributed by atoms with Gasteiger partial charge in [-0.15, -0.1) is 0 Å². The van der Waals surface area contributed by atoms with Crippen molar-refractivity contribution in [2.45, 2.75) is 6.04 Å². The second-order valence-corrected chi connectivity index (χ2v) is 5.89. The van der Waals surface area contributed by atoms with Gasteiger partial charge in [-0.2, -0.15) is 0 Å². The molecule has 1 atom stereocenters. The molecule has 0 bridgehead atoms. The van der Waals surface area contributed by atoms with Crippen molar-refractivity contribution in [2.75, 3.05) is 18.5 Å². The zero-order valence-corrected chi connectivity index (χ0v) is 12.9. The quantitative estimate of drug-likeness (QED) is 0.869. The van der Waals surface area contributed by atoms with Crippen LogP contribution in [0.25, 0.3) is 0 Å². The van der Waals surface area contributed by atoms with Crippen LogP contribution in [0.2, 0.25) is 10.0 Å². The number of benzene rings is 2. The fourth-order valence-electron chi connectivity index (χ4n) is 2.57. The third-order valence-electron chi connectivity index (χ3n) is 3.70. The Morgan fingerprint density at radius 3 is 2.48 bits per heavy atom. The van der Waals surface area contributed by atoms with E-state index in [0.29, 0.717) is 10.0 Å². The highest BCUT2D eigenvalue weighted by molar-refractivity contribution is 6.31. The van der Waals surface area contributed by atoms with E-state index in [-0.39, 0.29) is 18.5 Å². The fourth-order valence-corrected chi connectivity index (χ4v) is 2.87. The highest BCUT2D eigenvalue weighted by Crippen LogP contribution is 2.34. The highest BCUT2D eigenvalue weighted by Gasteiger charge is 2.26. The number of halogens is 2. The molecular formula is C16H14Cl2N2O. The summed E-state index contributed by atoms with van der Waals surface area (Å²) in [6.45, 7) is 0.274. The molecule has 3 nitrogen and oxygen atoms in total. The minimum Gasteiger partial charge on any atom is -0.314 e. The largest absolute Gasteiger partial charge is 0.314 e. The fraction of sp³-hybridized carbons (Fsp3) is 0.188. The first-order valence-corrected chi connectivity index (χ1v) is 7.36. The third-order valence-corrected chi connectivity index (χ3v) is 4.18. The Balaban J connectivity index is 2.13. The van der Waals surface area contributed by atoms with E-state index in [1.54, 1.807) is 18.0 Å². The van der Waals surface area contributed by atoms with E-state index in [4.69, 9.17) is 23.2 Å². The van der Waals surface area contributed by atoms with Crippen LogP contribution in [0.1, 0.15) is 17.2 Å². The van der Waals surface area contributed by atoms with E-state index in [9.17, 15) is 4.79 Å². The van der Waals surface area contributed by atoms with Gasteiger partial charge in [0.2, 0.25) is 5.91 Å². The maximum atomic E-state index is 12.1. The van der Waals surface area contributed by atoms with Gasteiger partial charge in [0.15, 0.2) is 0 Å². The molecule has 0 spiro atoms. The minimum atomic E-state index is -0.0927. The molecule has 3 rings (SSSR count). The molecule has 0 radical (unpaired) electrons. The number of anilines is 1. The Morgan fingerprint density at radius 2 is 1.76 bits per heavy atom. The van der Waals surface area contributed by atoms with Crippen LogP contribution in [-0.4, -0.2) is 19.5 Å². The lowest BCUT2D eigenvalue weighted by atomic mass is 9.97. The average Bonchev–Trinajstić information content (AvgIpc) is 2.59. The number of carbonyl (C=O) groups is 1. The Hall–Kier alpha value is -1.55. The van der Waals surface area contributed by atoms with E-state index in [1.807, 2.05) is 36.4 Å². The summed E-state index contributed by atoms with van der Waals surface area (Å²) < 4.78 is 0. The summed E-state index contributed by atoms with van der Waals surface area (Å²) in [5.74, 6) is 0.0232. The number of nitrogens with one attached hydrogen (secondary N) is 1. The standard InChI is InChI=1S/C16H14Cl2N2O/c1-20-14-7-6-12(18)8-13(14)16(19-9-15(20)21)10-2-4-11(17)5-3-10/h2-8,16,19H,9H2,1H3. The summed E-state index contributed by atoms with van der Waals surface area (Å²) in [4.78, 5) is 13.8. The van der Waals surface area contributed by atoms with Gasteiger partial charge in [0.05, 0.1) is 12.6 Å². The van der Waals surface area contributed by atoms with Gasteiger partial charge < -0.3 is 4.90 Å². The molecule has 0 aliphatic carbocycles. The van der Waals surface area contributed by atoms with Gasteiger partial charge in [-0.1, -0.05) is 35.3 Å². The average molecular weight is 321 g/mol. The van der Waals surface area contributed by atoms with Crippen molar-refractivity contribution in [1.82, 2.24) is 5.32 Å². The highest BCUT2D eigenvalue weighted by atomic mass is 35.5. The molecule has 21 heavy (non-hydrogen) atoms. The summed E-state index contributed by atoms with van der Waals surface area (Å²) in [7, 11) is 1.78. The minimum absolute atomic E-state index is 0.0232. The number of nitrogens with zero attached hydrogens (tertiary/aromatic N) is 1. The zero-order valence-electron chi connectivity index (χ0n) is 11.4. The normalized spacial score (nSPS) is 18.3. The Labute approximate surface area is 133 Å². The smallest absolute Gasteiger partial charge is 0.240 e. The van der Waals surface area contributed by atoms with Crippen molar-refractivity contribution >= 4 is 34.8 Å². The lowest BCUT2D eigenvalue weighted by Crippen LogP contribution is -2.33. The lowest BCUT2D eigenvalue weighted by Gasteiger charge is -2.21. The van der Waals surface area contributed by atoms with Crippen LogP contribution in [0, 0.1) is 0 Å². The Morgan fingerprint density at radius 1 is 1.10 bits per heavy atom. The van der Waals surface area contributed by atoms with E-state index >= 15 is 0 Å². The molecule has 0 aromatic heterocycles. The first-order chi connectivity index (χ1) is 10.1. The van der Waals surface area contributed by atoms with Gasteiger partial charge in [0.25, 0.3) is 0 Å². The van der Waals surface area contributed by atoms with E-state index in [0.717, 1.165) is 16.8 Å². The van der Waals surface area contributed by atoms with Crippen molar-refractivity contribution in [1.29, 1.82) is 0 Å². The second-order valence-electron chi connectivity index (χ2n) is 5.02. The van der Waals surface area contributed by atoms with Crippen LogP contribution in [-0.2, 0) is 4.79 Å². The number of carbonyl (C=O) groups excluding carboxylic acids is 1. The van der Waals surface area contributed by atoms with Gasteiger partial charge in [-0.05, 0) is 41.5 Å². The molecule has 1 N–H and O–H groups in total. The SMILES string of the molecule is CN1C(=O)CNC(c2ccc(Cl)cc2)c2cc(Cl)ccc21. The van der Waals surface area contributed by atoms with Gasteiger partial charge in [0, 0.05) is 22.8 Å². The number of hydrogen-bond acceptors (Lipinski definition) is 2. The van der Waals surface area contributed by atoms with Crippen LogP contribution in [0.15, 0.2) is 42.5 Å². The predicted molar refractivity (Wildman–Crippen MR) is 86.2 cm³/mol. The van der Waals surface area contributed by atoms with E-state index in [2.05, 4.69) is 5.32 Å². The van der Waals surface area contributed by atoms with Crippen LogP contribution in [0.4, 0.5) is 5.69 Å². The maximum absolute atomic E-state index is 12.1. The molecule has 0 fully saturated rings. The van der Waals surface area contributed by atoms with Crippen LogP contribution >= 0.6 is 23.2 Å². The van der Waals surface area contributed by atoms with Crippen molar-refractivity contribution < 1.29 is 4.79 Å². The Kier molecular flexibility index (Phi) is 3.89. The first-order valence-electron chi connectivity index (χ1n) is 6.61. The molecule has 2 aromatic carbocycles. The summed E-state index contributed by atoms with van der Waals surface area (Å²) in [5, 5.41) is 4.63. The number of amides is 1. The molecule has 5 heteroatoms. The second kappa shape index (κ2) is 5.68. The first kappa shape index (κ1) is 14.4. The number of rotatable bonds is 1. The lowest BCUT2D eigenvalue weighted by molar-refractivity contribution is -0.117. The molecule has 1 heterocycles. The van der Waals surface area contributed by atoms with Crippen molar-refractivity contribution in [3.8, 4) is 0 Å². The maximum Gasteiger partial charge on any atom is 0.240 e. The van der Waals surface area contributed by atoms with Crippen molar-refractivity contribution in [2.24, 2.45) is 0 Å². The van der Waals surface area contributed by atoms with Crippen LogP contribution in [0.5, 0.6) is 0 Å². The summed E-state index contributed by atoms with van der Waals surface area (Å²) in [6, 6.07) is 13.1. The molecular weight excluding hydrogens is 307 g/mol. The zero-order chi connectivity index (χ0) is 15.0. The molecule has 1 unspecified atom stereocenters. The van der Waals surface area contributed by atoms with Gasteiger partial charge in [-0.3, -0.25) is 10.1 Å². The van der Waals surface area contributed by atoms with Crippen LogP contribution < -0.4 is 10.2 Å². The monoisotopic (exact) mass is 320 g/mol. The van der Waals surface area contributed by atoms with Crippen molar-refractivity contribution in [3.05, 3.63) is 63.6 Å². The summed E-state index contributed by atoms with van der Waals surface area (Å²) >= 11 is 12.1. The summed E-state index contributed by atoms with van der Waals surface area (Å²) in [6.07, 6.45) is 0. The van der Waals surface area contributed by atoms with Gasteiger partial charge in [0.1, 0.15) is 0 Å². The molecule has 1 aliphatic rings. The molecule has 0 saturated carbocycles. The number of hydrogen-bond donors (Lipinski definition) is 1. The van der Waals surface area contributed by atoms with E-state index in [1.165, 1.54) is 0 Å². The Bertz CT molecular complexity index is 685.